The molecule has 0 unspecified atom stereocenters. The summed E-state index contributed by atoms with van der Waals surface area (Å²) in [7, 11) is 0. The van der Waals surface area contributed by atoms with Crippen molar-refractivity contribution in [1.29, 1.82) is 0 Å². The van der Waals surface area contributed by atoms with Gasteiger partial charge in [0.05, 0.1) is 17.9 Å². The second-order valence-corrected chi connectivity index (χ2v) is 3.67. The lowest BCUT2D eigenvalue weighted by molar-refractivity contribution is 0.0662. The molecule has 0 radical (unpaired) electrons. The molecule has 0 fully saturated rings. The van der Waals surface area contributed by atoms with E-state index in [1.807, 2.05) is 19.1 Å². The molecular weight excluding hydrogens is 234 g/mol. The fourth-order valence-corrected chi connectivity index (χ4v) is 1.63. The van der Waals surface area contributed by atoms with E-state index < -0.39 is 5.97 Å². The number of carboxylic acid groups (broad SMARTS) is 1. The van der Waals surface area contributed by atoms with Gasteiger partial charge in [0.25, 0.3) is 0 Å². The standard InChI is InChI=1S/C13H13NO4/c1-3-17-10-7-5-4-6-9(10)12-14-8(2)11(18-12)13(15)16/h4-7H,3H2,1-2H3,(H,15,16). The van der Waals surface area contributed by atoms with Gasteiger partial charge in [-0.25, -0.2) is 9.78 Å². The third kappa shape index (κ3) is 2.20. The van der Waals surface area contributed by atoms with Gasteiger partial charge >= 0.3 is 5.97 Å². The average molecular weight is 247 g/mol. The van der Waals surface area contributed by atoms with Crippen LogP contribution in [0.3, 0.4) is 0 Å². The summed E-state index contributed by atoms with van der Waals surface area (Å²) in [5, 5.41) is 8.93. The zero-order valence-electron chi connectivity index (χ0n) is 10.1. The molecule has 1 N–H and O–H groups in total. The Bertz CT molecular complexity index is 574. The number of benzene rings is 1. The van der Waals surface area contributed by atoms with Gasteiger partial charge in [0.15, 0.2) is 0 Å². The highest BCUT2D eigenvalue weighted by molar-refractivity contribution is 5.86. The van der Waals surface area contributed by atoms with Crippen LogP contribution in [-0.4, -0.2) is 22.7 Å². The van der Waals surface area contributed by atoms with Crippen molar-refractivity contribution in [2.24, 2.45) is 0 Å². The van der Waals surface area contributed by atoms with Crippen LogP contribution in [0, 0.1) is 6.92 Å². The minimum absolute atomic E-state index is 0.142. The van der Waals surface area contributed by atoms with E-state index in [4.69, 9.17) is 14.3 Å². The Morgan fingerprint density at radius 1 is 1.44 bits per heavy atom. The zero-order valence-corrected chi connectivity index (χ0v) is 10.1. The maximum atomic E-state index is 10.9. The molecule has 0 aliphatic heterocycles. The Balaban J connectivity index is 2.48. The summed E-state index contributed by atoms with van der Waals surface area (Å²) in [6.07, 6.45) is 0. The molecule has 2 rings (SSSR count). The Labute approximate surface area is 104 Å². The van der Waals surface area contributed by atoms with E-state index >= 15 is 0 Å². The number of ether oxygens (including phenoxy) is 1. The maximum absolute atomic E-state index is 10.9. The van der Waals surface area contributed by atoms with Gasteiger partial charge in [-0.05, 0) is 26.0 Å². The van der Waals surface area contributed by atoms with E-state index in [-0.39, 0.29) is 11.7 Å². The predicted octanol–water partition coefficient (Wildman–Crippen LogP) is 2.75. The highest BCUT2D eigenvalue weighted by Gasteiger charge is 2.19. The quantitative estimate of drug-likeness (QED) is 0.899. The van der Waals surface area contributed by atoms with E-state index in [9.17, 15) is 4.79 Å². The molecule has 0 bridgehead atoms. The molecule has 0 saturated heterocycles. The van der Waals surface area contributed by atoms with Crippen molar-refractivity contribution >= 4 is 5.97 Å². The fraction of sp³-hybridized carbons (Fsp3) is 0.231. The van der Waals surface area contributed by atoms with E-state index in [1.165, 1.54) is 0 Å². The number of carbonyl (C=O) groups is 1. The molecule has 1 aromatic heterocycles. The number of carboxylic acids is 1. The summed E-state index contributed by atoms with van der Waals surface area (Å²) in [4.78, 5) is 15.0. The maximum Gasteiger partial charge on any atom is 0.373 e. The van der Waals surface area contributed by atoms with Gasteiger partial charge in [0.1, 0.15) is 5.75 Å². The highest BCUT2D eigenvalue weighted by Crippen LogP contribution is 2.30. The number of hydrogen-bond acceptors (Lipinski definition) is 4. The van der Waals surface area contributed by atoms with Crippen molar-refractivity contribution in [3.63, 3.8) is 0 Å². The average Bonchev–Trinajstić information content (AvgIpc) is 2.72. The molecule has 5 nitrogen and oxygen atoms in total. The third-order valence-corrected chi connectivity index (χ3v) is 2.41. The second-order valence-electron chi connectivity index (χ2n) is 3.67. The first-order valence-electron chi connectivity index (χ1n) is 5.56. The summed E-state index contributed by atoms with van der Waals surface area (Å²) in [5.41, 5.74) is 0.999. The molecule has 0 spiro atoms. The van der Waals surface area contributed by atoms with Crippen molar-refractivity contribution in [2.45, 2.75) is 13.8 Å². The number of para-hydroxylation sites is 1. The lowest BCUT2D eigenvalue weighted by atomic mass is 10.2. The van der Waals surface area contributed by atoms with Crippen LogP contribution in [-0.2, 0) is 0 Å². The van der Waals surface area contributed by atoms with Gasteiger partial charge in [-0.2, -0.15) is 0 Å². The lowest BCUT2D eigenvalue weighted by Crippen LogP contribution is -1.95. The first-order chi connectivity index (χ1) is 8.63. The van der Waals surface area contributed by atoms with Crippen LogP contribution in [0.2, 0.25) is 0 Å². The summed E-state index contributed by atoms with van der Waals surface area (Å²) < 4.78 is 10.7. The van der Waals surface area contributed by atoms with Gasteiger partial charge in [0.2, 0.25) is 11.7 Å². The Morgan fingerprint density at radius 2 is 2.17 bits per heavy atom. The number of aryl methyl sites for hydroxylation is 1. The van der Waals surface area contributed by atoms with Crippen LogP contribution < -0.4 is 4.74 Å². The first-order valence-corrected chi connectivity index (χ1v) is 5.56. The van der Waals surface area contributed by atoms with E-state index in [0.717, 1.165) is 0 Å². The summed E-state index contributed by atoms with van der Waals surface area (Å²) in [6.45, 7) is 3.99. The molecule has 1 heterocycles. The van der Waals surface area contributed by atoms with Gasteiger partial charge in [-0.3, -0.25) is 0 Å². The van der Waals surface area contributed by atoms with Gasteiger partial charge < -0.3 is 14.3 Å². The number of nitrogens with zero attached hydrogens (tertiary/aromatic N) is 1. The topological polar surface area (TPSA) is 72.6 Å². The number of oxazole rings is 1. The molecule has 18 heavy (non-hydrogen) atoms. The highest BCUT2D eigenvalue weighted by atomic mass is 16.5. The van der Waals surface area contributed by atoms with Crippen molar-refractivity contribution < 1.29 is 19.1 Å². The number of rotatable bonds is 4. The van der Waals surface area contributed by atoms with Crippen LogP contribution >= 0.6 is 0 Å². The fourth-order valence-electron chi connectivity index (χ4n) is 1.63. The van der Waals surface area contributed by atoms with Crippen LogP contribution in [0.4, 0.5) is 0 Å². The first kappa shape index (κ1) is 12.2. The number of aromatic nitrogens is 1. The van der Waals surface area contributed by atoms with Crippen LogP contribution in [0.1, 0.15) is 23.2 Å². The van der Waals surface area contributed by atoms with E-state index in [0.29, 0.717) is 23.6 Å². The minimum Gasteiger partial charge on any atom is -0.493 e. The summed E-state index contributed by atoms with van der Waals surface area (Å²) in [6, 6.07) is 7.22. The molecule has 0 atom stereocenters. The number of aromatic carboxylic acids is 1. The largest absolute Gasteiger partial charge is 0.493 e. The van der Waals surface area contributed by atoms with E-state index in [2.05, 4.69) is 4.98 Å². The molecule has 94 valence electrons. The van der Waals surface area contributed by atoms with Crippen molar-refractivity contribution in [2.75, 3.05) is 6.61 Å². The minimum atomic E-state index is -1.12. The third-order valence-electron chi connectivity index (χ3n) is 2.41. The smallest absolute Gasteiger partial charge is 0.373 e. The van der Waals surface area contributed by atoms with Crippen molar-refractivity contribution in [1.82, 2.24) is 4.98 Å². The van der Waals surface area contributed by atoms with Gasteiger partial charge in [-0.1, -0.05) is 12.1 Å². The molecule has 0 aliphatic carbocycles. The Kier molecular flexibility index (Phi) is 3.32. The molecule has 0 aliphatic rings. The predicted molar refractivity (Wildman–Crippen MR) is 64.8 cm³/mol. The molecule has 0 saturated carbocycles. The Hall–Kier alpha value is -2.30. The molecule has 0 amide bonds. The normalized spacial score (nSPS) is 10.3. The number of hydrogen-bond donors (Lipinski definition) is 1. The van der Waals surface area contributed by atoms with Gasteiger partial charge in [0, 0.05) is 0 Å². The van der Waals surface area contributed by atoms with Crippen molar-refractivity contribution in [3.8, 4) is 17.2 Å². The van der Waals surface area contributed by atoms with Gasteiger partial charge in [-0.15, -0.1) is 0 Å². The van der Waals surface area contributed by atoms with Crippen LogP contribution in [0.5, 0.6) is 5.75 Å². The molecular formula is C13H13NO4. The molecule has 5 heteroatoms. The Morgan fingerprint density at radius 3 is 2.78 bits per heavy atom. The van der Waals surface area contributed by atoms with E-state index in [1.54, 1.807) is 19.1 Å². The van der Waals surface area contributed by atoms with Crippen LogP contribution in [0.15, 0.2) is 28.7 Å². The monoisotopic (exact) mass is 247 g/mol. The summed E-state index contributed by atoms with van der Waals surface area (Å²) >= 11 is 0. The van der Waals surface area contributed by atoms with Crippen LogP contribution in [0.25, 0.3) is 11.5 Å². The zero-order chi connectivity index (χ0) is 13.1. The molecule has 2 aromatic rings. The lowest BCUT2D eigenvalue weighted by Gasteiger charge is -2.06. The second kappa shape index (κ2) is 4.91. The van der Waals surface area contributed by atoms with Crippen molar-refractivity contribution in [3.05, 3.63) is 35.7 Å². The SMILES string of the molecule is CCOc1ccccc1-c1nc(C)c(C(=O)O)o1. The molecule has 1 aromatic carbocycles. The summed E-state index contributed by atoms with van der Waals surface area (Å²) in [5.74, 6) is -0.386.